The molecule has 0 amide bonds. The van der Waals surface area contributed by atoms with Crippen molar-refractivity contribution in [3.63, 3.8) is 0 Å². The lowest BCUT2D eigenvalue weighted by atomic mass is 10.1. The van der Waals surface area contributed by atoms with Crippen LogP contribution >= 0.6 is 23.2 Å². The Morgan fingerprint density at radius 2 is 1.95 bits per heavy atom. The molecule has 114 valence electrons. The van der Waals surface area contributed by atoms with Gasteiger partial charge in [0, 0.05) is 16.7 Å². The van der Waals surface area contributed by atoms with Gasteiger partial charge in [0.25, 0.3) is 5.69 Å². The second kappa shape index (κ2) is 6.21. The van der Waals surface area contributed by atoms with Crippen LogP contribution < -0.4 is 4.74 Å². The number of benzene rings is 2. The molecule has 0 aliphatic rings. The highest BCUT2D eigenvalue weighted by atomic mass is 35.5. The van der Waals surface area contributed by atoms with Crippen LogP contribution in [0.5, 0.6) is 11.5 Å². The highest BCUT2D eigenvalue weighted by Crippen LogP contribution is 2.35. The lowest BCUT2D eigenvalue weighted by molar-refractivity contribution is -0.385. The van der Waals surface area contributed by atoms with Crippen LogP contribution in [0.3, 0.4) is 0 Å². The number of carbonyl (C=O) groups is 1. The van der Waals surface area contributed by atoms with Crippen LogP contribution in [0.2, 0.25) is 10.0 Å². The summed E-state index contributed by atoms with van der Waals surface area (Å²) in [5.41, 5.74) is -0.753. The average molecular weight is 342 g/mol. The summed E-state index contributed by atoms with van der Waals surface area (Å²) in [7, 11) is 0. The van der Waals surface area contributed by atoms with E-state index in [1.54, 1.807) is 6.07 Å². The third-order valence-corrected chi connectivity index (χ3v) is 3.34. The number of carboxylic acids is 1. The average Bonchev–Trinajstić information content (AvgIpc) is 2.40. The second-order valence-corrected chi connectivity index (χ2v) is 5.22. The van der Waals surface area contributed by atoms with Crippen molar-refractivity contribution in [2.75, 3.05) is 0 Å². The van der Waals surface area contributed by atoms with Crippen molar-refractivity contribution < 1.29 is 19.6 Å². The monoisotopic (exact) mass is 341 g/mol. The molecule has 0 saturated carbocycles. The molecule has 2 aromatic rings. The van der Waals surface area contributed by atoms with E-state index >= 15 is 0 Å². The molecule has 0 atom stereocenters. The van der Waals surface area contributed by atoms with E-state index in [1.165, 1.54) is 25.1 Å². The van der Waals surface area contributed by atoms with Gasteiger partial charge in [-0.1, -0.05) is 23.2 Å². The van der Waals surface area contributed by atoms with Gasteiger partial charge in [0.1, 0.15) is 17.1 Å². The van der Waals surface area contributed by atoms with Crippen LogP contribution in [0.1, 0.15) is 15.9 Å². The fourth-order valence-electron chi connectivity index (χ4n) is 1.90. The first-order valence-electron chi connectivity index (χ1n) is 5.95. The standard InChI is InChI=1S/C14H9Cl2NO5/c1-7-4-9(6-10(14(18)19)13(7)17(20)21)22-12-3-2-8(15)5-11(12)16/h2-6H,1H3,(H,18,19). The van der Waals surface area contributed by atoms with Crippen molar-refractivity contribution >= 4 is 34.9 Å². The lowest BCUT2D eigenvalue weighted by Crippen LogP contribution is -2.05. The van der Waals surface area contributed by atoms with Crippen molar-refractivity contribution in [2.45, 2.75) is 6.92 Å². The van der Waals surface area contributed by atoms with E-state index in [0.717, 1.165) is 6.07 Å². The molecule has 0 aromatic heterocycles. The van der Waals surface area contributed by atoms with E-state index in [9.17, 15) is 14.9 Å². The molecule has 0 heterocycles. The van der Waals surface area contributed by atoms with Crippen LogP contribution in [0.4, 0.5) is 5.69 Å². The summed E-state index contributed by atoms with van der Waals surface area (Å²) < 4.78 is 5.49. The van der Waals surface area contributed by atoms with E-state index in [0.29, 0.717) is 5.02 Å². The van der Waals surface area contributed by atoms with Crippen molar-refractivity contribution in [3.05, 3.63) is 61.6 Å². The highest BCUT2D eigenvalue weighted by Gasteiger charge is 2.24. The van der Waals surface area contributed by atoms with Gasteiger partial charge < -0.3 is 9.84 Å². The molecule has 0 saturated heterocycles. The maximum absolute atomic E-state index is 11.2. The number of nitro groups is 1. The number of hydrogen-bond donors (Lipinski definition) is 1. The second-order valence-electron chi connectivity index (χ2n) is 4.38. The molecule has 0 aliphatic heterocycles. The van der Waals surface area contributed by atoms with E-state index < -0.39 is 22.1 Å². The maximum atomic E-state index is 11.2. The van der Waals surface area contributed by atoms with Gasteiger partial charge in [0.2, 0.25) is 0 Å². The van der Waals surface area contributed by atoms with E-state index in [4.69, 9.17) is 33.0 Å². The molecular weight excluding hydrogens is 333 g/mol. The molecule has 0 radical (unpaired) electrons. The number of hydrogen-bond acceptors (Lipinski definition) is 4. The van der Waals surface area contributed by atoms with E-state index in [2.05, 4.69) is 0 Å². The first-order valence-corrected chi connectivity index (χ1v) is 6.70. The Hall–Kier alpha value is -2.31. The Morgan fingerprint density at radius 3 is 2.50 bits per heavy atom. The van der Waals surface area contributed by atoms with Gasteiger partial charge >= 0.3 is 5.97 Å². The molecule has 1 N–H and O–H groups in total. The van der Waals surface area contributed by atoms with Crippen molar-refractivity contribution in [1.29, 1.82) is 0 Å². The molecule has 0 aliphatic carbocycles. The van der Waals surface area contributed by atoms with Crippen LogP contribution in [0.15, 0.2) is 30.3 Å². The molecule has 0 spiro atoms. The molecule has 2 rings (SSSR count). The predicted octanol–water partition coefficient (Wildman–Crippen LogP) is 4.70. The molecule has 8 heteroatoms. The van der Waals surface area contributed by atoms with E-state index in [-0.39, 0.29) is 22.1 Å². The van der Waals surface area contributed by atoms with Gasteiger partial charge in [0.15, 0.2) is 0 Å². The van der Waals surface area contributed by atoms with Crippen LogP contribution in [-0.4, -0.2) is 16.0 Å². The Balaban J connectivity index is 2.49. The molecule has 22 heavy (non-hydrogen) atoms. The summed E-state index contributed by atoms with van der Waals surface area (Å²) >= 11 is 11.7. The van der Waals surface area contributed by atoms with Crippen LogP contribution in [0.25, 0.3) is 0 Å². The highest BCUT2D eigenvalue weighted by molar-refractivity contribution is 6.35. The Labute approximate surface area is 135 Å². The zero-order valence-electron chi connectivity index (χ0n) is 11.2. The molecule has 0 fully saturated rings. The van der Waals surface area contributed by atoms with Crippen LogP contribution in [0, 0.1) is 17.0 Å². The van der Waals surface area contributed by atoms with Crippen molar-refractivity contribution in [3.8, 4) is 11.5 Å². The number of nitrogens with zero attached hydrogens (tertiary/aromatic N) is 1. The number of aromatic carboxylic acids is 1. The fraction of sp³-hybridized carbons (Fsp3) is 0.0714. The zero-order valence-corrected chi connectivity index (χ0v) is 12.7. The number of halogens is 2. The van der Waals surface area contributed by atoms with Gasteiger partial charge in [0.05, 0.1) is 9.95 Å². The van der Waals surface area contributed by atoms with Gasteiger partial charge in [-0.15, -0.1) is 0 Å². The Kier molecular flexibility index (Phi) is 4.54. The third kappa shape index (κ3) is 3.29. The molecule has 2 aromatic carbocycles. The smallest absolute Gasteiger partial charge is 0.342 e. The minimum Gasteiger partial charge on any atom is -0.477 e. The molecule has 6 nitrogen and oxygen atoms in total. The van der Waals surface area contributed by atoms with Crippen molar-refractivity contribution in [2.24, 2.45) is 0 Å². The summed E-state index contributed by atoms with van der Waals surface area (Å²) in [4.78, 5) is 21.4. The first-order chi connectivity index (χ1) is 10.3. The zero-order chi connectivity index (χ0) is 16.4. The Morgan fingerprint density at radius 1 is 1.27 bits per heavy atom. The number of rotatable bonds is 4. The van der Waals surface area contributed by atoms with Gasteiger partial charge in [-0.3, -0.25) is 10.1 Å². The molecule has 0 bridgehead atoms. The number of aryl methyl sites for hydroxylation is 1. The summed E-state index contributed by atoms with van der Waals surface area (Å²) in [5, 5.41) is 20.7. The first kappa shape index (κ1) is 16.1. The van der Waals surface area contributed by atoms with Crippen LogP contribution in [-0.2, 0) is 0 Å². The normalized spacial score (nSPS) is 10.3. The number of ether oxygens (including phenoxy) is 1. The van der Waals surface area contributed by atoms with Gasteiger partial charge in [-0.05, 0) is 31.2 Å². The largest absolute Gasteiger partial charge is 0.477 e. The quantitative estimate of drug-likeness (QED) is 0.642. The maximum Gasteiger partial charge on any atom is 0.342 e. The summed E-state index contributed by atoms with van der Waals surface area (Å²) in [6.07, 6.45) is 0. The minimum absolute atomic E-state index is 0.129. The molecular formula is C14H9Cl2NO5. The summed E-state index contributed by atoms with van der Waals surface area (Å²) in [6, 6.07) is 6.99. The number of carboxylic acid groups (broad SMARTS) is 1. The SMILES string of the molecule is Cc1cc(Oc2ccc(Cl)cc2Cl)cc(C(=O)O)c1[N+](=O)[O-]. The van der Waals surface area contributed by atoms with Gasteiger partial charge in [-0.2, -0.15) is 0 Å². The van der Waals surface area contributed by atoms with Gasteiger partial charge in [-0.25, -0.2) is 4.79 Å². The predicted molar refractivity (Wildman–Crippen MR) is 81.3 cm³/mol. The summed E-state index contributed by atoms with van der Waals surface area (Å²) in [5.74, 6) is -1.03. The third-order valence-electron chi connectivity index (χ3n) is 2.81. The lowest BCUT2D eigenvalue weighted by Gasteiger charge is -2.10. The molecule has 0 unspecified atom stereocenters. The topological polar surface area (TPSA) is 89.7 Å². The number of nitro benzene ring substituents is 1. The van der Waals surface area contributed by atoms with E-state index in [1.807, 2.05) is 0 Å². The fourth-order valence-corrected chi connectivity index (χ4v) is 2.34. The minimum atomic E-state index is -1.41. The Bertz CT molecular complexity index is 776. The van der Waals surface area contributed by atoms with Crippen molar-refractivity contribution in [1.82, 2.24) is 0 Å². The summed E-state index contributed by atoms with van der Waals surface area (Å²) in [6.45, 7) is 1.43.